The van der Waals surface area contributed by atoms with Gasteiger partial charge in [0.15, 0.2) is 5.82 Å². The van der Waals surface area contributed by atoms with E-state index in [9.17, 15) is 17.2 Å². The highest BCUT2D eigenvalue weighted by atomic mass is 32.2. The molecule has 0 aliphatic rings. The van der Waals surface area contributed by atoms with E-state index >= 15 is 0 Å². The first-order valence-electron chi connectivity index (χ1n) is 4.83. The van der Waals surface area contributed by atoms with Gasteiger partial charge in [-0.2, -0.15) is 4.31 Å². The first-order valence-corrected chi connectivity index (χ1v) is 6.27. The lowest BCUT2D eigenvalue weighted by molar-refractivity contribution is 0.267. The molecule has 1 aromatic carbocycles. The summed E-state index contributed by atoms with van der Waals surface area (Å²) >= 11 is 0. The van der Waals surface area contributed by atoms with E-state index in [0.717, 1.165) is 16.4 Å². The third-order valence-corrected chi connectivity index (χ3v) is 4.13. The first kappa shape index (κ1) is 14.6. The number of hydrogen-bond acceptors (Lipinski definition) is 3. The molecule has 18 heavy (non-hydrogen) atoms. The summed E-state index contributed by atoms with van der Waals surface area (Å²) in [5, 5.41) is 8.81. The smallest absolute Gasteiger partial charge is 0.246 e. The Hall–Kier alpha value is -1.49. The monoisotopic (exact) mass is 275 g/mol. The van der Waals surface area contributed by atoms with Crippen molar-refractivity contribution in [1.29, 1.82) is 0 Å². The molecule has 1 rings (SSSR count). The molecule has 0 aliphatic heterocycles. The van der Waals surface area contributed by atoms with E-state index < -0.39 is 38.7 Å². The number of aliphatic hydroxyl groups excluding tert-OH is 1. The molecule has 98 valence electrons. The molecule has 0 heterocycles. The van der Waals surface area contributed by atoms with Crippen LogP contribution in [0.15, 0.2) is 17.0 Å². The third-order valence-electron chi connectivity index (χ3n) is 2.31. The lowest BCUT2D eigenvalue weighted by Crippen LogP contribution is -2.28. The molecule has 0 bridgehead atoms. The highest BCUT2D eigenvalue weighted by Crippen LogP contribution is 2.23. The molecule has 0 atom stereocenters. The summed E-state index contributed by atoms with van der Waals surface area (Å²) in [7, 11) is -2.97. The highest BCUT2D eigenvalue weighted by molar-refractivity contribution is 7.89. The van der Waals surface area contributed by atoms with E-state index in [0.29, 0.717) is 0 Å². The Labute approximate surface area is 104 Å². The van der Waals surface area contributed by atoms with Gasteiger partial charge in [-0.1, -0.05) is 5.92 Å². The van der Waals surface area contributed by atoms with Gasteiger partial charge in [0.1, 0.15) is 10.7 Å². The number of sulfonamides is 1. The lowest BCUT2D eigenvalue weighted by atomic mass is 10.2. The van der Waals surface area contributed by atoms with Crippen molar-refractivity contribution < 1.29 is 22.3 Å². The van der Waals surface area contributed by atoms with Crippen LogP contribution in [-0.2, 0) is 16.6 Å². The van der Waals surface area contributed by atoms with Crippen molar-refractivity contribution >= 4 is 10.0 Å². The second-order valence-corrected chi connectivity index (χ2v) is 5.47. The van der Waals surface area contributed by atoms with Crippen molar-refractivity contribution in [3.8, 4) is 12.3 Å². The third kappa shape index (κ3) is 2.51. The zero-order valence-electron chi connectivity index (χ0n) is 9.52. The van der Waals surface area contributed by atoms with Crippen molar-refractivity contribution in [3.63, 3.8) is 0 Å². The fraction of sp³-hybridized carbons (Fsp3) is 0.273. The Morgan fingerprint density at radius 1 is 1.44 bits per heavy atom. The Balaban J connectivity index is 3.40. The van der Waals surface area contributed by atoms with E-state index in [2.05, 4.69) is 5.92 Å². The predicted molar refractivity (Wildman–Crippen MR) is 60.9 cm³/mol. The summed E-state index contributed by atoms with van der Waals surface area (Å²) in [6, 6.07) is 1.58. The average molecular weight is 275 g/mol. The molecule has 0 saturated carbocycles. The Morgan fingerprint density at radius 2 is 2.06 bits per heavy atom. The predicted octanol–water partition coefficient (Wildman–Crippen LogP) is 0.711. The lowest BCUT2D eigenvalue weighted by Gasteiger charge is -2.15. The fourth-order valence-corrected chi connectivity index (χ4v) is 2.47. The van der Waals surface area contributed by atoms with Gasteiger partial charge in [-0.25, -0.2) is 17.2 Å². The Kier molecular flexibility index (Phi) is 4.40. The number of rotatable bonds is 4. The van der Waals surface area contributed by atoms with Gasteiger partial charge in [-0.05, 0) is 12.1 Å². The van der Waals surface area contributed by atoms with E-state index in [4.69, 9.17) is 11.5 Å². The summed E-state index contributed by atoms with van der Waals surface area (Å²) in [6.45, 7) is -1.17. The maximum atomic E-state index is 13.8. The van der Waals surface area contributed by atoms with Crippen molar-refractivity contribution in [2.45, 2.75) is 11.5 Å². The van der Waals surface area contributed by atoms with Gasteiger partial charge in [-0.15, -0.1) is 6.42 Å². The molecule has 7 heteroatoms. The first-order chi connectivity index (χ1) is 8.36. The maximum absolute atomic E-state index is 13.8. The zero-order valence-corrected chi connectivity index (χ0v) is 10.3. The number of halogens is 2. The summed E-state index contributed by atoms with van der Waals surface area (Å²) in [6.07, 6.45) is 4.97. The van der Waals surface area contributed by atoms with Gasteiger partial charge >= 0.3 is 0 Å². The number of benzene rings is 1. The van der Waals surface area contributed by atoms with Crippen molar-refractivity contribution in [3.05, 3.63) is 29.3 Å². The van der Waals surface area contributed by atoms with Crippen LogP contribution in [0.2, 0.25) is 0 Å². The second kappa shape index (κ2) is 5.44. The number of hydrogen-bond donors (Lipinski definition) is 1. The molecular formula is C11H11F2NO3S. The normalized spacial score (nSPS) is 11.6. The standard InChI is InChI=1S/C11H11F2NO3S/c1-3-6-14(2)18(16,17)10-5-4-9(12)8(7-15)11(10)13/h1,4-5,15H,6-7H2,2H3. The molecule has 0 spiro atoms. The molecule has 0 amide bonds. The van der Waals surface area contributed by atoms with Crippen molar-refractivity contribution in [1.82, 2.24) is 4.31 Å². The minimum absolute atomic E-state index is 0.242. The van der Waals surface area contributed by atoms with Crippen LogP contribution in [0.1, 0.15) is 5.56 Å². The molecular weight excluding hydrogens is 264 g/mol. The van der Waals surface area contributed by atoms with Crippen LogP contribution in [0.4, 0.5) is 8.78 Å². The van der Waals surface area contributed by atoms with Gasteiger partial charge in [0, 0.05) is 7.05 Å². The van der Waals surface area contributed by atoms with E-state index in [1.54, 1.807) is 0 Å². The maximum Gasteiger partial charge on any atom is 0.246 e. The van der Waals surface area contributed by atoms with Crippen molar-refractivity contribution in [2.75, 3.05) is 13.6 Å². The Bertz CT molecular complexity index is 593. The van der Waals surface area contributed by atoms with E-state index in [1.807, 2.05) is 0 Å². The molecule has 4 nitrogen and oxygen atoms in total. The minimum Gasteiger partial charge on any atom is -0.391 e. The molecule has 1 aromatic rings. The largest absolute Gasteiger partial charge is 0.391 e. The van der Waals surface area contributed by atoms with Crippen LogP contribution in [0.3, 0.4) is 0 Å². The van der Waals surface area contributed by atoms with Gasteiger partial charge in [0.05, 0.1) is 18.7 Å². The number of terminal acetylenes is 1. The molecule has 0 radical (unpaired) electrons. The van der Waals surface area contributed by atoms with Gasteiger partial charge in [-0.3, -0.25) is 0 Å². The van der Waals surface area contributed by atoms with Gasteiger partial charge in [0.2, 0.25) is 10.0 Å². The average Bonchev–Trinajstić information content (AvgIpc) is 2.29. The van der Waals surface area contributed by atoms with Crippen molar-refractivity contribution in [2.24, 2.45) is 0 Å². The molecule has 0 aliphatic carbocycles. The van der Waals surface area contributed by atoms with E-state index in [1.165, 1.54) is 7.05 Å². The second-order valence-electron chi connectivity index (χ2n) is 3.46. The summed E-state index contributed by atoms with van der Waals surface area (Å²) in [4.78, 5) is -0.717. The number of aliphatic hydroxyl groups is 1. The van der Waals surface area contributed by atoms with Crippen LogP contribution >= 0.6 is 0 Å². The van der Waals surface area contributed by atoms with E-state index in [-0.39, 0.29) is 6.54 Å². The molecule has 0 unspecified atom stereocenters. The summed E-state index contributed by atoms with van der Waals surface area (Å²) < 4.78 is 51.5. The van der Waals surface area contributed by atoms with Crippen LogP contribution < -0.4 is 0 Å². The van der Waals surface area contributed by atoms with Crippen LogP contribution in [0.25, 0.3) is 0 Å². The summed E-state index contributed by atoms with van der Waals surface area (Å²) in [5.41, 5.74) is -0.690. The topological polar surface area (TPSA) is 57.6 Å². The Morgan fingerprint density at radius 3 is 2.56 bits per heavy atom. The zero-order chi connectivity index (χ0) is 13.9. The highest BCUT2D eigenvalue weighted by Gasteiger charge is 2.26. The summed E-state index contributed by atoms with van der Waals surface area (Å²) in [5.74, 6) is -0.207. The minimum atomic E-state index is -4.14. The molecule has 0 aromatic heterocycles. The van der Waals surface area contributed by atoms with Crippen LogP contribution in [0, 0.1) is 24.0 Å². The quantitative estimate of drug-likeness (QED) is 0.823. The SMILES string of the molecule is C#CCN(C)S(=O)(=O)c1ccc(F)c(CO)c1F. The molecule has 0 saturated heterocycles. The molecule has 1 N–H and O–H groups in total. The van der Waals surface area contributed by atoms with Crippen LogP contribution in [0.5, 0.6) is 0 Å². The van der Waals surface area contributed by atoms with Gasteiger partial charge < -0.3 is 5.11 Å². The number of nitrogens with zero attached hydrogens (tertiary/aromatic N) is 1. The molecule has 0 fully saturated rings. The van der Waals surface area contributed by atoms with Crippen LogP contribution in [-0.4, -0.2) is 31.4 Å². The fourth-order valence-electron chi connectivity index (χ4n) is 1.30. The van der Waals surface area contributed by atoms with Gasteiger partial charge in [0.25, 0.3) is 0 Å².